The number of pyridine rings is 1. The topological polar surface area (TPSA) is 106 Å². The van der Waals surface area contributed by atoms with E-state index in [1.54, 1.807) is 48.4 Å². The van der Waals surface area contributed by atoms with Gasteiger partial charge in [-0.3, -0.25) is 14.5 Å². The van der Waals surface area contributed by atoms with Crippen LogP contribution in [0.4, 0.5) is 0 Å². The van der Waals surface area contributed by atoms with Gasteiger partial charge in [-0.05, 0) is 42.3 Å². The summed E-state index contributed by atoms with van der Waals surface area (Å²) in [5.74, 6) is -0.429. The van der Waals surface area contributed by atoms with Crippen molar-refractivity contribution in [2.45, 2.75) is 18.4 Å². The van der Waals surface area contributed by atoms with Gasteiger partial charge in [-0.1, -0.05) is 12.1 Å². The second kappa shape index (κ2) is 8.32. The van der Waals surface area contributed by atoms with Gasteiger partial charge in [0.15, 0.2) is 0 Å². The predicted octanol–water partition coefficient (Wildman–Crippen LogP) is 1.39. The van der Waals surface area contributed by atoms with E-state index in [2.05, 4.69) is 20.1 Å². The molecule has 0 aliphatic carbocycles. The summed E-state index contributed by atoms with van der Waals surface area (Å²) in [7, 11) is -1.90. The zero-order chi connectivity index (χ0) is 20.1. The molecule has 0 radical (unpaired) electrons. The molecule has 2 N–H and O–H groups in total. The molecule has 8 nitrogen and oxygen atoms in total. The van der Waals surface area contributed by atoms with E-state index in [1.165, 1.54) is 6.07 Å². The van der Waals surface area contributed by atoms with Crippen LogP contribution in [0.15, 0.2) is 59.9 Å². The van der Waals surface area contributed by atoms with Gasteiger partial charge in [0, 0.05) is 37.7 Å². The number of benzene rings is 1. The van der Waals surface area contributed by atoms with Gasteiger partial charge in [-0.15, -0.1) is 0 Å². The van der Waals surface area contributed by atoms with E-state index in [0.29, 0.717) is 0 Å². The quantitative estimate of drug-likeness (QED) is 0.624. The third-order valence-corrected chi connectivity index (χ3v) is 5.52. The van der Waals surface area contributed by atoms with Gasteiger partial charge in [0.05, 0.1) is 17.1 Å². The monoisotopic (exact) mass is 399 g/mol. The summed E-state index contributed by atoms with van der Waals surface area (Å²) in [6.45, 7) is 1.70. The van der Waals surface area contributed by atoms with Crippen LogP contribution in [-0.2, 0) is 28.4 Å². The highest BCUT2D eigenvalue weighted by Gasteiger charge is 2.15. The number of nitrogens with one attached hydrogen (secondary N) is 2. The Bertz CT molecular complexity index is 1090. The molecule has 3 rings (SSSR count). The first-order chi connectivity index (χ1) is 13.3. The van der Waals surface area contributed by atoms with Crippen LogP contribution in [-0.4, -0.2) is 35.6 Å². The minimum atomic E-state index is -3.73. The van der Waals surface area contributed by atoms with E-state index in [0.717, 1.165) is 22.4 Å². The van der Waals surface area contributed by atoms with Crippen molar-refractivity contribution in [3.8, 4) is 11.3 Å². The highest BCUT2D eigenvalue weighted by molar-refractivity contribution is 7.89. The van der Waals surface area contributed by atoms with Crippen LogP contribution in [0.1, 0.15) is 11.1 Å². The maximum absolute atomic E-state index is 12.3. The SMILES string of the molecule is Cc1cccc(S(=O)(=O)NCC(=O)NCc2cncc(-c3ccnn3C)c2)c1. The average molecular weight is 399 g/mol. The van der Waals surface area contributed by atoms with Crippen LogP contribution in [0.3, 0.4) is 0 Å². The van der Waals surface area contributed by atoms with Gasteiger partial charge in [-0.25, -0.2) is 13.1 Å². The Morgan fingerprint density at radius 2 is 2.00 bits per heavy atom. The largest absolute Gasteiger partial charge is 0.351 e. The fourth-order valence-electron chi connectivity index (χ4n) is 2.67. The molecular formula is C19H21N5O3S. The third-order valence-electron chi connectivity index (χ3n) is 4.12. The van der Waals surface area contributed by atoms with Crippen LogP contribution >= 0.6 is 0 Å². The molecular weight excluding hydrogens is 378 g/mol. The van der Waals surface area contributed by atoms with Crippen LogP contribution < -0.4 is 10.0 Å². The molecule has 0 fully saturated rings. The molecule has 0 unspecified atom stereocenters. The van der Waals surface area contributed by atoms with Crippen LogP contribution in [0, 0.1) is 6.92 Å². The highest BCUT2D eigenvalue weighted by Crippen LogP contribution is 2.18. The molecule has 0 bridgehead atoms. The van der Waals surface area contributed by atoms with Crippen molar-refractivity contribution in [2.75, 3.05) is 6.54 Å². The predicted molar refractivity (Wildman–Crippen MR) is 105 cm³/mol. The second-order valence-electron chi connectivity index (χ2n) is 6.34. The zero-order valence-corrected chi connectivity index (χ0v) is 16.4. The van der Waals surface area contributed by atoms with E-state index in [9.17, 15) is 13.2 Å². The number of carbonyl (C=O) groups excluding carboxylic acids is 1. The molecule has 0 saturated heterocycles. The second-order valence-corrected chi connectivity index (χ2v) is 8.11. The van der Waals surface area contributed by atoms with Crippen molar-refractivity contribution in [2.24, 2.45) is 7.05 Å². The number of nitrogens with zero attached hydrogens (tertiary/aromatic N) is 3. The van der Waals surface area contributed by atoms with Crippen molar-refractivity contribution in [3.05, 3.63) is 66.1 Å². The molecule has 0 saturated carbocycles. The van der Waals surface area contributed by atoms with Crippen LogP contribution in [0.25, 0.3) is 11.3 Å². The number of aryl methyl sites for hydroxylation is 2. The van der Waals surface area contributed by atoms with E-state index in [-0.39, 0.29) is 18.0 Å². The van der Waals surface area contributed by atoms with Gasteiger partial charge in [0.1, 0.15) is 0 Å². The first-order valence-electron chi connectivity index (χ1n) is 8.60. The zero-order valence-electron chi connectivity index (χ0n) is 15.6. The lowest BCUT2D eigenvalue weighted by molar-refractivity contribution is -0.120. The number of rotatable bonds is 7. The summed E-state index contributed by atoms with van der Waals surface area (Å²) in [6.07, 6.45) is 5.07. The molecule has 1 amide bonds. The summed E-state index contributed by atoms with van der Waals surface area (Å²) in [4.78, 5) is 16.4. The Kier molecular flexibility index (Phi) is 5.86. The molecule has 0 aliphatic heterocycles. The van der Waals surface area contributed by atoms with E-state index < -0.39 is 15.9 Å². The van der Waals surface area contributed by atoms with E-state index >= 15 is 0 Å². The van der Waals surface area contributed by atoms with Gasteiger partial charge in [0.2, 0.25) is 15.9 Å². The number of hydrogen-bond donors (Lipinski definition) is 2. The fourth-order valence-corrected chi connectivity index (χ4v) is 3.76. The summed E-state index contributed by atoms with van der Waals surface area (Å²) >= 11 is 0. The smallest absolute Gasteiger partial charge is 0.241 e. The molecule has 1 aromatic carbocycles. The van der Waals surface area contributed by atoms with Gasteiger partial charge in [0.25, 0.3) is 0 Å². The molecule has 0 aliphatic rings. The lowest BCUT2D eigenvalue weighted by Crippen LogP contribution is -2.36. The molecule has 146 valence electrons. The third kappa shape index (κ3) is 4.81. The minimum Gasteiger partial charge on any atom is -0.351 e. The van der Waals surface area contributed by atoms with Crippen LogP contribution in [0.2, 0.25) is 0 Å². The minimum absolute atomic E-state index is 0.133. The summed E-state index contributed by atoms with van der Waals surface area (Å²) < 4.78 is 28.6. The molecule has 2 aromatic heterocycles. The van der Waals surface area contributed by atoms with Gasteiger partial charge in [-0.2, -0.15) is 5.10 Å². The van der Waals surface area contributed by atoms with Crippen molar-refractivity contribution < 1.29 is 13.2 Å². The van der Waals surface area contributed by atoms with Crippen molar-refractivity contribution >= 4 is 15.9 Å². The number of aromatic nitrogens is 3. The lowest BCUT2D eigenvalue weighted by atomic mass is 10.1. The Hall–Kier alpha value is -3.04. The lowest BCUT2D eigenvalue weighted by Gasteiger charge is -2.09. The average Bonchev–Trinajstić information content (AvgIpc) is 3.11. The normalized spacial score (nSPS) is 11.4. The summed E-state index contributed by atoms with van der Waals surface area (Å²) in [6, 6.07) is 10.3. The maximum Gasteiger partial charge on any atom is 0.241 e. The number of sulfonamides is 1. The van der Waals surface area contributed by atoms with Crippen LogP contribution in [0.5, 0.6) is 0 Å². The highest BCUT2D eigenvalue weighted by atomic mass is 32.2. The van der Waals surface area contributed by atoms with Crippen molar-refractivity contribution in [3.63, 3.8) is 0 Å². The molecule has 3 aromatic rings. The first-order valence-corrected chi connectivity index (χ1v) is 10.1. The Morgan fingerprint density at radius 1 is 1.18 bits per heavy atom. The number of hydrogen-bond acceptors (Lipinski definition) is 5. The molecule has 9 heteroatoms. The number of carbonyl (C=O) groups is 1. The summed E-state index contributed by atoms with van der Waals surface area (Å²) in [5.41, 5.74) is 3.42. The van der Waals surface area contributed by atoms with Crippen molar-refractivity contribution in [1.29, 1.82) is 0 Å². The Morgan fingerprint density at radius 3 is 2.71 bits per heavy atom. The maximum atomic E-state index is 12.3. The molecule has 28 heavy (non-hydrogen) atoms. The first kappa shape index (κ1) is 19.7. The Labute approximate surface area is 163 Å². The summed E-state index contributed by atoms with van der Waals surface area (Å²) in [5, 5.41) is 6.82. The molecule has 0 spiro atoms. The Balaban J connectivity index is 1.57. The van der Waals surface area contributed by atoms with Gasteiger partial charge < -0.3 is 5.32 Å². The van der Waals surface area contributed by atoms with E-state index in [4.69, 9.17) is 0 Å². The molecule has 0 atom stereocenters. The fraction of sp³-hybridized carbons (Fsp3) is 0.211. The van der Waals surface area contributed by atoms with Gasteiger partial charge >= 0.3 is 0 Å². The standard InChI is InChI=1S/C19H21N5O3S/c1-14-4-3-5-17(8-14)28(26,27)23-13-19(25)21-11-15-9-16(12-20-10-15)18-6-7-22-24(18)2/h3-10,12,23H,11,13H2,1-2H3,(H,21,25). The molecule has 2 heterocycles. The van der Waals surface area contributed by atoms with E-state index in [1.807, 2.05) is 19.2 Å². The number of amides is 1. The van der Waals surface area contributed by atoms with Crippen molar-refractivity contribution in [1.82, 2.24) is 24.8 Å².